The van der Waals surface area contributed by atoms with Gasteiger partial charge < -0.3 is 9.42 Å². The molecule has 3 aromatic rings. The minimum absolute atomic E-state index is 0.00325. The molecule has 5 rings (SSSR count). The largest absolute Gasteiger partial charge is 0.339 e. The summed E-state index contributed by atoms with van der Waals surface area (Å²) in [5.74, 6) is 1.67. The van der Waals surface area contributed by atoms with E-state index < -0.39 is 0 Å². The molecule has 1 amide bonds. The number of benzene rings is 1. The van der Waals surface area contributed by atoms with E-state index in [-0.39, 0.29) is 11.9 Å². The third-order valence-electron chi connectivity index (χ3n) is 6.00. The van der Waals surface area contributed by atoms with Gasteiger partial charge in [0, 0.05) is 31.7 Å². The van der Waals surface area contributed by atoms with Gasteiger partial charge >= 0.3 is 0 Å². The Morgan fingerprint density at radius 3 is 2.66 bits per heavy atom. The van der Waals surface area contributed by atoms with Crippen LogP contribution in [0.15, 0.2) is 33.9 Å². The van der Waals surface area contributed by atoms with Crippen molar-refractivity contribution in [2.24, 2.45) is 0 Å². The van der Waals surface area contributed by atoms with Crippen molar-refractivity contribution in [2.75, 3.05) is 31.9 Å². The Labute approximate surface area is 190 Å². The zero-order valence-corrected chi connectivity index (χ0v) is 19.0. The molecule has 0 radical (unpaired) electrons. The van der Waals surface area contributed by atoms with Crippen molar-refractivity contribution >= 4 is 17.7 Å². The fourth-order valence-corrected chi connectivity index (χ4v) is 4.63. The lowest BCUT2D eigenvalue weighted by Gasteiger charge is -2.36. The summed E-state index contributed by atoms with van der Waals surface area (Å²) < 4.78 is 7.39. The second-order valence-corrected chi connectivity index (χ2v) is 9.28. The SMILES string of the molecule is Cc1ccc(-c2noc(C(C)N3CCN(C(=O)CSc4nnnn4C4CC4)CC3)n2)cc1. The molecule has 11 heteroatoms. The molecule has 1 unspecified atom stereocenters. The quantitative estimate of drug-likeness (QED) is 0.497. The molecule has 2 aromatic heterocycles. The minimum Gasteiger partial charge on any atom is -0.339 e. The Hall–Kier alpha value is -2.79. The van der Waals surface area contributed by atoms with Crippen LogP contribution >= 0.6 is 11.8 Å². The first kappa shape index (κ1) is 21.1. The lowest BCUT2D eigenvalue weighted by Crippen LogP contribution is -2.49. The lowest BCUT2D eigenvalue weighted by atomic mass is 10.1. The van der Waals surface area contributed by atoms with E-state index in [1.54, 1.807) is 0 Å². The van der Waals surface area contributed by atoms with Crippen LogP contribution in [0.3, 0.4) is 0 Å². The first-order chi connectivity index (χ1) is 15.6. The van der Waals surface area contributed by atoms with E-state index in [0.717, 1.165) is 36.7 Å². The second-order valence-electron chi connectivity index (χ2n) is 8.34. The van der Waals surface area contributed by atoms with Crippen LogP contribution in [0.5, 0.6) is 0 Å². The Balaban J connectivity index is 1.13. The van der Waals surface area contributed by atoms with Crippen LogP contribution in [-0.4, -0.2) is 78.0 Å². The number of carbonyl (C=O) groups excluding carboxylic acids is 1. The molecule has 10 nitrogen and oxygen atoms in total. The van der Waals surface area contributed by atoms with Crippen LogP contribution in [0.4, 0.5) is 0 Å². The summed E-state index contributed by atoms with van der Waals surface area (Å²) in [7, 11) is 0. The van der Waals surface area contributed by atoms with Gasteiger partial charge in [-0.3, -0.25) is 9.69 Å². The number of aromatic nitrogens is 6. The third-order valence-corrected chi connectivity index (χ3v) is 6.92. The van der Waals surface area contributed by atoms with Crippen LogP contribution in [0.2, 0.25) is 0 Å². The van der Waals surface area contributed by atoms with Gasteiger partial charge in [0.05, 0.1) is 17.8 Å². The Morgan fingerprint density at radius 1 is 1.19 bits per heavy atom. The van der Waals surface area contributed by atoms with Gasteiger partial charge in [-0.05, 0) is 37.1 Å². The summed E-state index contributed by atoms with van der Waals surface area (Å²) in [5.41, 5.74) is 2.14. The highest BCUT2D eigenvalue weighted by atomic mass is 32.2. The summed E-state index contributed by atoms with van der Waals surface area (Å²) in [5, 5.41) is 16.7. The molecule has 1 aliphatic heterocycles. The zero-order chi connectivity index (χ0) is 22.1. The maximum Gasteiger partial charge on any atom is 0.244 e. The molecule has 2 fully saturated rings. The molecule has 1 saturated heterocycles. The highest BCUT2D eigenvalue weighted by molar-refractivity contribution is 7.99. The van der Waals surface area contributed by atoms with Crippen molar-refractivity contribution in [1.29, 1.82) is 0 Å². The van der Waals surface area contributed by atoms with Crippen molar-refractivity contribution in [3.05, 3.63) is 35.7 Å². The number of hydrogen-bond donors (Lipinski definition) is 0. The number of aryl methyl sites for hydroxylation is 1. The molecular formula is C21H26N8O2S. The molecule has 0 bridgehead atoms. The Kier molecular flexibility index (Phi) is 5.92. The molecule has 3 heterocycles. The van der Waals surface area contributed by atoms with Crippen molar-refractivity contribution in [1.82, 2.24) is 40.1 Å². The molecular weight excluding hydrogens is 428 g/mol. The van der Waals surface area contributed by atoms with E-state index in [4.69, 9.17) is 4.52 Å². The molecule has 2 aliphatic rings. The molecule has 168 valence electrons. The van der Waals surface area contributed by atoms with Gasteiger partial charge in [0.2, 0.25) is 22.8 Å². The minimum atomic E-state index is -0.00325. The highest BCUT2D eigenvalue weighted by Crippen LogP contribution is 2.36. The summed E-state index contributed by atoms with van der Waals surface area (Å²) >= 11 is 1.42. The van der Waals surface area contributed by atoms with E-state index in [0.29, 0.717) is 36.6 Å². The number of nitrogens with zero attached hydrogens (tertiary/aromatic N) is 8. The molecule has 1 aliphatic carbocycles. The van der Waals surface area contributed by atoms with Crippen LogP contribution in [0.25, 0.3) is 11.4 Å². The first-order valence-electron chi connectivity index (χ1n) is 10.9. The fourth-order valence-electron chi connectivity index (χ4n) is 3.79. The normalized spacial score (nSPS) is 18.1. The molecule has 0 spiro atoms. The van der Waals surface area contributed by atoms with Gasteiger partial charge in [-0.25, -0.2) is 4.68 Å². The van der Waals surface area contributed by atoms with Crippen LogP contribution in [-0.2, 0) is 4.79 Å². The van der Waals surface area contributed by atoms with Crippen molar-refractivity contribution in [3.8, 4) is 11.4 Å². The third kappa shape index (κ3) is 4.53. The van der Waals surface area contributed by atoms with Gasteiger partial charge in [-0.2, -0.15) is 4.98 Å². The predicted octanol–water partition coefficient (Wildman–Crippen LogP) is 2.36. The molecule has 0 N–H and O–H groups in total. The zero-order valence-electron chi connectivity index (χ0n) is 18.2. The number of amides is 1. The molecule has 1 saturated carbocycles. The van der Waals surface area contributed by atoms with Crippen LogP contribution < -0.4 is 0 Å². The summed E-state index contributed by atoms with van der Waals surface area (Å²) in [4.78, 5) is 21.5. The fraction of sp³-hybridized carbons (Fsp3) is 0.524. The second kappa shape index (κ2) is 8.99. The average molecular weight is 455 g/mol. The number of carbonyl (C=O) groups is 1. The molecule has 1 aromatic carbocycles. The predicted molar refractivity (Wildman–Crippen MR) is 118 cm³/mol. The topological polar surface area (TPSA) is 106 Å². The standard InChI is InChI=1S/C21H26N8O2S/c1-14-3-5-16(6-4-14)19-22-20(31-24-19)15(2)27-9-11-28(12-10-27)18(30)13-32-21-23-25-26-29(21)17-7-8-17/h3-6,15,17H,7-13H2,1-2H3. The van der Waals surface area contributed by atoms with Gasteiger partial charge in [0.15, 0.2) is 0 Å². The van der Waals surface area contributed by atoms with Crippen LogP contribution in [0.1, 0.15) is 43.3 Å². The van der Waals surface area contributed by atoms with E-state index in [9.17, 15) is 4.79 Å². The van der Waals surface area contributed by atoms with Crippen LogP contribution in [0, 0.1) is 6.92 Å². The number of thioether (sulfide) groups is 1. The van der Waals surface area contributed by atoms with E-state index in [1.807, 2.05) is 40.8 Å². The summed E-state index contributed by atoms with van der Waals surface area (Å²) in [6.45, 7) is 7.00. The van der Waals surface area contributed by atoms with Crippen molar-refractivity contribution in [3.63, 3.8) is 0 Å². The van der Waals surface area contributed by atoms with E-state index in [1.165, 1.54) is 17.3 Å². The number of rotatable bonds is 7. The average Bonchev–Trinajstić information content (AvgIpc) is 3.35. The van der Waals surface area contributed by atoms with Gasteiger partial charge in [-0.1, -0.05) is 46.7 Å². The summed E-state index contributed by atoms with van der Waals surface area (Å²) in [6, 6.07) is 8.48. The van der Waals surface area contributed by atoms with E-state index >= 15 is 0 Å². The maximum atomic E-state index is 12.7. The van der Waals surface area contributed by atoms with Crippen molar-refractivity contribution in [2.45, 2.75) is 43.9 Å². The van der Waals surface area contributed by atoms with Gasteiger partial charge in [0.1, 0.15) is 0 Å². The lowest BCUT2D eigenvalue weighted by molar-refractivity contribution is -0.130. The maximum absolute atomic E-state index is 12.7. The summed E-state index contributed by atoms with van der Waals surface area (Å²) in [6.07, 6.45) is 2.22. The smallest absolute Gasteiger partial charge is 0.244 e. The highest BCUT2D eigenvalue weighted by Gasteiger charge is 2.30. The number of tetrazole rings is 1. The number of hydrogen-bond acceptors (Lipinski definition) is 9. The monoisotopic (exact) mass is 454 g/mol. The van der Waals surface area contributed by atoms with Crippen molar-refractivity contribution < 1.29 is 9.32 Å². The van der Waals surface area contributed by atoms with Gasteiger partial charge in [0.25, 0.3) is 0 Å². The van der Waals surface area contributed by atoms with E-state index in [2.05, 4.69) is 37.5 Å². The first-order valence-corrected chi connectivity index (χ1v) is 11.9. The Morgan fingerprint density at radius 2 is 1.94 bits per heavy atom. The Bertz CT molecular complexity index is 1070. The molecule has 1 atom stereocenters. The van der Waals surface area contributed by atoms with Gasteiger partial charge in [-0.15, -0.1) is 5.10 Å². The molecule has 32 heavy (non-hydrogen) atoms. The number of piperazine rings is 1.